The summed E-state index contributed by atoms with van der Waals surface area (Å²) in [5.74, 6) is 0.0619. The summed E-state index contributed by atoms with van der Waals surface area (Å²) in [5, 5.41) is 5.17. The maximum Gasteiger partial charge on any atom is 0.232 e. The molecule has 0 fully saturated rings. The zero-order chi connectivity index (χ0) is 14.8. The van der Waals surface area contributed by atoms with Gasteiger partial charge >= 0.3 is 0 Å². The van der Waals surface area contributed by atoms with Gasteiger partial charge in [0.1, 0.15) is 0 Å². The average Bonchev–Trinajstić information content (AvgIpc) is 2.95. The predicted molar refractivity (Wildman–Crippen MR) is 87.2 cm³/mol. The molecule has 4 nitrogen and oxygen atoms in total. The van der Waals surface area contributed by atoms with E-state index in [1.165, 1.54) is 10.4 Å². The van der Waals surface area contributed by atoms with Crippen LogP contribution >= 0.6 is 11.3 Å². The molecule has 21 heavy (non-hydrogen) atoms. The fourth-order valence-corrected chi connectivity index (χ4v) is 3.81. The molecule has 1 atom stereocenters. The van der Waals surface area contributed by atoms with Gasteiger partial charge in [-0.3, -0.25) is 9.78 Å². The van der Waals surface area contributed by atoms with E-state index in [1.54, 1.807) is 23.7 Å². The highest BCUT2D eigenvalue weighted by Crippen LogP contribution is 2.36. The molecule has 0 aliphatic heterocycles. The molecule has 1 amide bonds. The van der Waals surface area contributed by atoms with Crippen molar-refractivity contribution in [2.45, 2.75) is 25.2 Å². The van der Waals surface area contributed by atoms with Crippen LogP contribution in [0.4, 0.5) is 11.4 Å². The third kappa shape index (κ3) is 2.78. The number of hydrogen-bond donors (Lipinski definition) is 1. The molecule has 2 aromatic rings. The Morgan fingerprint density at radius 1 is 1.43 bits per heavy atom. The number of carbonyl (C=O) groups is 1. The third-order valence-electron chi connectivity index (χ3n) is 3.91. The molecule has 1 aliphatic carbocycles. The number of aryl methyl sites for hydroxylation is 1. The molecule has 0 aromatic carbocycles. The maximum absolute atomic E-state index is 12.7. The predicted octanol–water partition coefficient (Wildman–Crippen LogP) is 3.27. The summed E-state index contributed by atoms with van der Waals surface area (Å²) >= 11 is 1.76. The number of anilines is 2. The Hall–Kier alpha value is -1.88. The summed E-state index contributed by atoms with van der Waals surface area (Å²) in [6, 6.07) is 3.95. The number of amides is 1. The van der Waals surface area contributed by atoms with Gasteiger partial charge in [0.05, 0.1) is 23.5 Å². The van der Waals surface area contributed by atoms with E-state index >= 15 is 0 Å². The standard InChI is InChI=1S/C16H19N3OS/c1-19(2)14-10-17-8-6-13(14)18-16(20)12-4-3-5-15-11(12)7-9-21-15/h6-10,12H,3-5H2,1-2H3,(H,17,18,20)/t12-/m1/s1. The van der Waals surface area contributed by atoms with Crippen LogP contribution in [0.15, 0.2) is 29.9 Å². The summed E-state index contributed by atoms with van der Waals surface area (Å²) in [6.07, 6.45) is 6.60. The lowest BCUT2D eigenvalue weighted by Gasteiger charge is -2.23. The van der Waals surface area contributed by atoms with Crippen molar-refractivity contribution < 1.29 is 4.79 Å². The van der Waals surface area contributed by atoms with E-state index in [0.29, 0.717) is 0 Å². The maximum atomic E-state index is 12.7. The lowest BCUT2D eigenvalue weighted by Crippen LogP contribution is -2.25. The van der Waals surface area contributed by atoms with E-state index in [4.69, 9.17) is 0 Å². The van der Waals surface area contributed by atoms with Crippen LogP contribution in [0.5, 0.6) is 0 Å². The highest BCUT2D eigenvalue weighted by molar-refractivity contribution is 7.10. The Bertz CT molecular complexity index is 650. The third-order valence-corrected chi connectivity index (χ3v) is 4.90. The van der Waals surface area contributed by atoms with Gasteiger partial charge in [-0.2, -0.15) is 0 Å². The van der Waals surface area contributed by atoms with Crippen molar-refractivity contribution in [2.75, 3.05) is 24.3 Å². The molecule has 0 saturated carbocycles. The largest absolute Gasteiger partial charge is 0.375 e. The number of rotatable bonds is 3. The second-order valence-corrected chi connectivity index (χ2v) is 6.52. The summed E-state index contributed by atoms with van der Waals surface area (Å²) in [7, 11) is 3.90. The molecular formula is C16H19N3OS. The number of nitrogens with zero attached hydrogens (tertiary/aromatic N) is 2. The van der Waals surface area contributed by atoms with E-state index in [9.17, 15) is 4.79 Å². The molecule has 2 aromatic heterocycles. The quantitative estimate of drug-likeness (QED) is 0.946. The fraction of sp³-hybridized carbons (Fsp3) is 0.375. The van der Waals surface area contributed by atoms with Crippen molar-refractivity contribution in [3.05, 3.63) is 40.3 Å². The molecule has 0 radical (unpaired) electrons. The number of fused-ring (bicyclic) bond motifs is 1. The number of pyridine rings is 1. The average molecular weight is 301 g/mol. The Kier molecular flexibility index (Phi) is 3.92. The van der Waals surface area contributed by atoms with Gasteiger partial charge in [-0.15, -0.1) is 11.3 Å². The minimum atomic E-state index is -0.0248. The molecule has 0 saturated heterocycles. The van der Waals surface area contributed by atoms with E-state index in [-0.39, 0.29) is 11.8 Å². The highest BCUT2D eigenvalue weighted by Gasteiger charge is 2.27. The minimum absolute atomic E-state index is 0.0248. The van der Waals surface area contributed by atoms with Crippen LogP contribution in [0, 0.1) is 0 Å². The first-order valence-electron chi connectivity index (χ1n) is 7.15. The van der Waals surface area contributed by atoms with E-state index in [2.05, 4.69) is 21.7 Å². The number of carbonyl (C=O) groups excluding carboxylic acids is 1. The van der Waals surface area contributed by atoms with Gasteiger partial charge in [-0.1, -0.05) is 0 Å². The Morgan fingerprint density at radius 3 is 3.10 bits per heavy atom. The van der Waals surface area contributed by atoms with Crippen LogP contribution in [0.3, 0.4) is 0 Å². The number of hydrogen-bond acceptors (Lipinski definition) is 4. The van der Waals surface area contributed by atoms with Gasteiger partial charge in [0.25, 0.3) is 0 Å². The molecule has 1 N–H and O–H groups in total. The molecule has 0 unspecified atom stereocenters. The van der Waals surface area contributed by atoms with Gasteiger partial charge in [0.15, 0.2) is 0 Å². The zero-order valence-corrected chi connectivity index (χ0v) is 13.1. The van der Waals surface area contributed by atoms with Crippen molar-refractivity contribution >= 4 is 28.6 Å². The van der Waals surface area contributed by atoms with Crippen LogP contribution in [-0.4, -0.2) is 25.0 Å². The van der Waals surface area contributed by atoms with Crippen LogP contribution in [0.25, 0.3) is 0 Å². The monoisotopic (exact) mass is 301 g/mol. The summed E-state index contributed by atoms with van der Waals surface area (Å²) < 4.78 is 0. The Labute approximate surface area is 128 Å². The highest BCUT2D eigenvalue weighted by atomic mass is 32.1. The van der Waals surface area contributed by atoms with Gasteiger partial charge in [0.2, 0.25) is 5.91 Å². The second kappa shape index (κ2) is 5.85. The van der Waals surface area contributed by atoms with E-state index in [0.717, 1.165) is 30.6 Å². The normalized spacial score (nSPS) is 17.1. The molecule has 2 heterocycles. The van der Waals surface area contributed by atoms with Gasteiger partial charge < -0.3 is 10.2 Å². The minimum Gasteiger partial charge on any atom is -0.375 e. The second-order valence-electron chi connectivity index (χ2n) is 5.52. The first-order chi connectivity index (χ1) is 10.2. The first kappa shape index (κ1) is 14.1. The Morgan fingerprint density at radius 2 is 2.29 bits per heavy atom. The van der Waals surface area contributed by atoms with Crippen LogP contribution in [0.2, 0.25) is 0 Å². The Balaban J connectivity index is 1.83. The summed E-state index contributed by atoms with van der Waals surface area (Å²) in [4.78, 5) is 20.1. The lowest BCUT2D eigenvalue weighted by molar-refractivity contribution is -0.117. The smallest absolute Gasteiger partial charge is 0.232 e. The summed E-state index contributed by atoms with van der Waals surface area (Å²) in [5.41, 5.74) is 2.96. The number of nitrogens with one attached hydrogen (secondary N) is 1. The van der Waals surface area contributed by atoms with Crippen LogP contribution in [0.1, 0.15) is 29.2 Å². The molecule has 0 bridgehead atoms. The van der Waals surface area contributed by atoms with Gasteiger partial charge in [-0.05, 0) is 42.3 Å². The van der Waals surface area contributed by atoms with E-state index in [1.807, 2.05) is 25.1 Å². The topological polar surface area (TPSA) is 45.2 Å². The van der Waals surface area contributed by atoms with Crippen molar-refractivity contribution in [3.63, 3.8) is 0 Å². The number of thiophene rings is 1. The van der Waals surface area contributed by atoms with Crippen molar-refractivity contribution in [1.82, 2.24) is 4.98 Å². The molecule has 5 heteroatoms. The number of aromatic nitrogens is 1. The van der Waals surface area contributed by atoms with E-state index < -0.39 is 0 Å². The molecular weight excluding hydrogens is 282 g/mol. The fourth-order valence-electron chi connectivity index (χ4n) is 2.83. The van der Waals surface area contributed by atoms with Crippen LogP contribution < -0.4 is 10.2 Å². The van der Waals surface area contributed by atoms with Crippen molar-refractivity contribution in [1.29, 1.82) is 0 Å². The van der Waals surface area contributed by atoms with Gasteiger partial charge in [-0.25, -0.2) is 0 Å². The molecule has 110 valence electrons. The first-order valence-corrected chi connectivity index (χ1v) is 8.03. The SMILES string of the molecule is CN(C)c1cnccc1NC(=O)[C@@H]1CCCc2sccc21. The molecule has 0 spiro atoms. The molecule has 1 aliphatic rings. The molecule has 3 rings (SSSR count). The van der Waals surface area contributed by atoms with Crippen molar-refractivity contribution in [3.8, 4) is 0 Å². The summed E-state index contributed by atoms with van der Waals surface area (Å²) in [6.45, 7) is 0. The van der Waals surface area contributed by atoms with Crippen molar-refractivity contribution in [2.24, 2.45) is 0 Å². The zero-order valence-electron chi connectivity index (χ0n) is 12.3. The van der Waals surface area contributed by atoms with Crippen LogP contribution in [-0.2, 0) is 11.2 Å². The lowest BCUT2D eigenvalue weighted by atomic mass is 9.87. The van der Waals surface area contributed by atoms with Gasteiger partial charge in [0, 0.05) is 25.2 Å².